The Hall–Kier alpha value is -3.60. The number of hydrogen-bond acceptors (Lipinski definition) is 9. The summed E-state index contributed by atoms with van der Waals surface area (Å²) in [6, 6.07) is 16.6. The second-order valence-corrected chi connectivity index (χ2v) is 10.2. The van der Waals surface area contributed by atoms with Crippen LogP contribution in [0.25, 0.3) is 0 Å². The molecule has 0 saturated carbocycles. The van der Waals surface area contributed by atoms with Gasteiger partial charge in [0.2, 0.25) is 5.91 Å². The molecule has 0 radical (unpaired) electrons. The Bertz CT molecular complexity index is 1280. The third kappa shape index (κ3) is 7.29. The Balaban J connectivity index is 1.66. The largest absolute Gasteiger partial charge is 0.460 e. The minimum absolute atomic E-state index is 0.0969. The van der Waals surface area contributed by atoms with Crippen molar-refractivity contribution in [3.63, 3.8) is 0 Å². The molecule has 1 N–H and O–H groups in total. The lowest BCUT2D eigenvalue weighted by molar-refractivity contribution is -0.141. The van der Waals surface area contributed by atoms with Crippen molar-refractivity contribution in [2.75, 3.05) is 47.5 Å². The number of methoxy groups -OCH3 is 1. The number of nitrogens with one attached hydrogen (secondary N) is 1. The third-order valence-electron chi connectivity index (χ3n) is 6.12. The van der Waals surface area contributed by atoms with Gasteiger partial charge >= 0.3 is 5.97 Å². The minimum atomic E-state index is -0.553. The van der Waals surface area contributed by atoms with Gasteiger partial charge in [0.05, 0.1) is 30.3 Å². The fourth-order valence-corrected chi connectivity index (χ4v) is 5.22. The molecule has 2 aromatic carbocycles. The number of fused-ring (bicyclic) bond motifs is 1. The molecule has 39 heavy (non-hydrogen) atoms. The fraction of sp³-hybridized carbons (Fsp3) is 0.345. The normalized spacial score (nSPS) is 16.5. The summed E-state index contributed by atoms with van der Waals surface area (Å²) in [5.74, 6) is 0.767. The number of amidine groups is 1. The average Bonchev–Trinajstić information content (AvgIpc) is 3.30. The number of allylic oxidation sites excluding steroid dienone is 1. The van der Waals surface area contributed by atoms with Gasteiger partial charge in [-0.2, -0.15) is 0 Å². The maximum absolute atomic E-state index is 13.4. The molecule has 2 aliphatic heterocycles. The lowest BCUT2D eigenvalue weighted by Crippen LogP contribution is -2.38. The van der Waals surface area contributed by atoms with Gasteiger partial charge < -0.3 is 29.3 Å². The number of nitrogens with zero attached hydrogens (tertiary/aromatic N) is 3. The van der Waals surface area contributed by atoms with E-state index in [4.69, 9.17) is 19.2 Å². The van der Waals surface area contributed by atoms with E-state index >= 15 is 0 Å². The lowest BCUT2D eigenvalue weighted by Gasteiger charge is -2.36. The maximum Gasteiger partial charge on any atom is 0.338 e. The van der Waals surface area contributed by atoms with Crippen molar-refractivity contribution in [1.29, 1.82) is 0 Å². The molecule has 1 atom stereocenters. The smallest absolute Gasteiger partial charge is 0.338 e. The molecule has 0 bridgehead atoms. The van der Waals surface area contributed by atoms with E-state index in [1.165, 1.54) is 11.8 Å². The first-order valence-corrected chi connectivity index (χ1v) is 13.6. The zero-order valence-corrected chi connectivity index (χ0v) is 23.5. The van der Waals surface area contributed by atoms with E-state index in [9.17, 15) is 9.59 Å². The second-order valence-electron chi connectivity index (χ2n) is 9.34. The van der Waals surface area contributed by atoms with Crippen LogP contribution in [0.15, 0.2) is 82.0 Å². The standard InChI is InChI=1S/C29H34N4O5S/c1-20-26(28(35)37-16-15-36-4)27(21-9-8-12-24(17-21)38-23-10-6-5-7-11-23)33-22(19-39-29(33)31-20)18-25(34)30-13-14-32(2)3/h5-12,17,19,27H,13-16,18H2,1-4H3,(H,30,34)/t27-/m0/s1. The summed E-state index contributed by atoms with van der Waals surface area (Å²) >= 11 is 1.44. The highest BCUT2D eigenvalue weighted by atomic mass is 32.2. The van der Waals surface area contributed by atoms with E-state index in [0.717, 1.165) is 17.8 Å². The van der Waals surface area contributed by atoms with Crippen molar-refractivity contribution in [3.8, 4) is 11.5 Å². The van der Waals surface area contributed by atoms with Crippen LogP contribution in [-0.2, 0) is 19.1 Å². The van der Waals surface area contributed by atoms with Crippen LogP contribution in [0.4, 0.5) is 0 Å². The van der Waals surface area contributed by atoms with Gasteiger partial charge in [-0.25, -0.2) is 9.79 Å². The molecular formula is C29H34N4O5S. The summed E-state index contributed by atoms with van der Waals surface area (Å²) in [6.45, 7) is 3.51. The molecule has 10 heteroatoms. The molecule has 0 aliphatic carbocycles. The maximum atomic E-state index is 13.4. The summed E-state index contributed by atoms with van der Waals surface area (Å²) in [5.41, 5.74) is 2.55. The van der Waals surface area contributed by atoms with Gasteiger partial charge in [-0.05, 0) is 56.3 Å². The first-order valence-electron chi connectivity index (χ1n) is 12.7. The Morgan fingerprint density at radius 1 is 1.08 bits per heavy atom. The Kier molecular flexibility index (Phi) is 9.80. The van der Waals surface area contributed by atoms with E-state index in [2.05, 4.69) is 5.32 Å². The van der Waals surface area contributed by atoms with Crippen molar-refractivity contribution in [2.24, 2.45) is 4.99 Å². The van der Waals surface area contributed by atoms with Crippen molar-refractivity contribution in [2.45, 2.75) is 19.4 Å². The molecular weight excluding hydrogens is 516 g/mol. The molecule has 0 fully saturated rings. The van der Waals surface area contributed by atoms with Crippen molar-refractivity contribution < 1.29 is 23.8 Å². The first kappa shape index (κ1) is 28.4. The molecule has 2 aromatic rings. The number of carbonyl (C=O) groups excluding carboxylic acids is 2. The van der Waals surface area contributed by atoms with Crippen LogP contribution >= 0.6 is 11.8 Å². The number of amides is 1. The number of carbonyl (C=O) groups is 2. The minimum Gasteiger partial charge on any atom is -0.460 e. The zero-order valence-electron chi connectivity index (χ0n) is 22.7. The van der Waals surface area contributed by atoms with Gasteiger partial charge in [0.25, 0.3) is 0 Å². The van der Waals surface area contributed by atoms with Gasteiger partial charge in [0.15, 0.2) is 5.17 Å². The number of likely N-dealkylation sites (N-methyl/N-ethyl adjacent to an activating group) is 1. The van der Waals surface area contributed by atoms with Crippen LogP contribution in [0, 0.1) is 0 Å². The third-order valence-corrected chi connectivity index (χ3v) is 7.01. The van der Waals surface area contributed by atoms with Crippen molar-refractivity contribution in [1.82, 2.24) is 15.1 Å². The highest BCUT2D eigenvalue weighted by Gasteiger charge is 2.41. The number of benzene rings is 2. The number of thioether (sulfide) groups is 1. The van der Waals surface area contributed by atoms with Crippen LogP contribution in [0.2, 0.25) is 0 Å². The SMILES string of the molecule is COCCOC(=O)C1=C(C)N=C2SC=C(CC(=O)NCCN(C)C)N2[C@H]1c1cccc(Oc2ccccc2)c1. The van der Waals surface area contributed by atoms with E-state index < -0.39 is 12.0 Å². The Morgan fingerprint density at radius 2 is 1.85 bits per heavy atom. The Morgan fingerprint density at radius 3 is 2.59 bits per heavy atom. The highest BCUT2D eigenvalue weighted by molar-refractivity contribution is 8.16. The lowest BCUT2D eigenvalue weighted by atomic mass is 9.93. The molecule has 2 aliphatic rings. The number of para-hydroxylation sites is 1. The quantitative estimate of drug-likeness (QED) is 0.309. The van der Waals surface area contributed by atoms with Crippen LogP contribution < -0.4 is 10.1 Å². The summed E-state index contributed by atoms with van der Waals surface area (Å²) < 4.78 is 16.7. The molecule has 4 rings (SSSR count). The predicted octanol–water partition coefficient (Wildman–Crippen LogP) is 4.31. The van der Waals surface area contributed by atoms with Gasteiger partial charge in [0, 0.05) is 25.9 Å². The topological polar surface area (TPSA) is 92.7 Å². The summed E-state index contributed by atoms with van der Waals surface area (Å²) in [6.07, 6.45) is 0.154. The summed E-state index contributed by atoms with van der Waals surface area (Å²) in [4.78, 5) is 34.9. The monoisotopic (exact) mass is 550 g/mol. The Labute approximate surface area is 233 Å². The first-order chi connectivity index (χ1) is 18.9. The van der Waals surface area contributed by atoms with Gasteiger partial charge in [-0.15, -0.1) is 0 Å². The predicted molar refractivity (Wildman–Crippen MR) is 152 cm³/mol. The summed E-state index contributed by atoms with van der Waals surface area (Å²) in [5, 5.41) is 5.60. The number of aliphatic imine (C=N–C) groups is 1. The molecule has 0 unspecified atom stereocenters. The number of ether oxygens (including phenoxy) is 3. The van der Waals surface area contributed by atoms with Crippen LogP contribution in [0.3, 0.4) is 0 Å². The molecule has 0 spiro atoms. The van der Waals surface area contributed by atoms with Crippen molar-refractivity contribution >= 4 is 28.8 Å². The molecule has 0 saturated heterocycles. The molecule has 206 valence electrons. The van der Waals surface area contributed by atoms with Crippen LogP contribution in [-0.4, -0.2) is 74.4 Å². The van der Waals surface area contributed by atoms with E-state index in [-0.39, 0.29) is 25.5 Å². The summed E-state index contributed by atoms with van der Waals surface area (Å²) in [7, 11) is 5.47. The van der Waals surface area contributed by atoms with Gasteiger partial charge in [-0.1, -0.05) is 42.1 Å². The number of hydrogen-bond donors (Lipinski definition) is 1. The van der Waals surface area contributed by atoms with E-state index in [1.54, 1.807) is 14.0 Å². The number of esters is 1. The zero-order chi connectivity index (χ0) is 27.8. The molecule has 2 heterocycles. The fourth-order valence-electron chi connectivity index (χ4n) is 4.26. The van der Waals surface area contributed by atoms with Crippen molar-refractivity contribution in [3.05, 3.63) is 82.5 Å². The average molecular weight is 551 g/mol. The van der Waals surface area contributed by atoms with Crippen LogP contribution in [0.5, 0.6) is 11.5 Å². The van der Waals surface area contributed by atoms with E-state index in [0.29, 0.717) is 34.5 Å². The highest BCUT2D eigenvalue weighted by Crippen LogP contribution is 2.45. The second kappa shape index (κ2) is 13.5. The molecule has 1 amide bonds. The van der Waals surface area contributed by atoms with Gasteiger partial charge in [0.1, 0.15) is 18.1 Å². The molecule has 0 aromatic heterocycles. The van der Waals surface area contributed by atoms with Crippen LogP contribution in [0.1, 0.15) is 24.9 Å². The number of rotatable bonds is 12. The van der Waals surface area contributed by atoms with Gasteiger partial charge in [-0.3, -0.25) is 4.79 Å². The van der Waals surface area contributed by atoms with E-state index in [1.807, 2.05) is 83.9 Å². The molecule has 9 nitrogen and oxygen atoms in total.